The highest BCUT2D eigenvalue weighted by Gasteiger charge is 2.25. The Kier molecular flexibility index (Phi) is 6.63. The number of pyridine rings is 1. The minimum Gasteiger partial charge on any atom is -0.449 e. The molecule has 192 valence electrons. The van der Waals surface area contributed by atoms with Crippen LogP contribution in [0.3, 0.4) is 0 Å². The van der Waals surface area contributed by atoms with Crippen LogP contribution in [0, 0.1) is 0 Å². The quantitative estimate of drug-likeness (QED) is 0.114. The van der Waals surface area contributed by atoms with Gasteiger partial charge in [0.2, 0.25) is 0 Å². The van der Waals surface area contributed by atoms with E-state index in [-0.39, 0.29) is 0 Å². The van der Waals surface area contributed by atoms with Crippen molar-refractivity contribution < 1.29 is 13.9 Å². The van der Waals surface area contributed by atoms with Crippen LogP contribution in [-0.2, 0) is 11.2 Å². The summed E-state index contributed by atoms with van der Waals surface area (Å²) < 4.78 is 13.0. The summed E-state index contributed by atoms with van der Waals surface area (Å²) in [4.78, 5) is 28.8. The van der Waals surface area contributed by atoms with Crippen molar-refractivity contribution in [2.75, 3.05) is 11.9 Å². The van der Waals surface area contributed by atoms with E-state index in [1.165, 1.54) is 4.68 Å². The second-order valence-electron chi connectivity index (χ2n) is 9.47. The number of anilines is 2. The van der Waals surface area contributed by atoms with Crippen LogP contribution < -0.4 is 5.32 Å². The van der Waals surface area contributed by atoms with E-state index in [4.69, 9.17) is 14.7 Å². The van der Waals surface area contributed by atoms with Gasteiger partial charge in [-0.05, 0) is 63.4 Å². The molecule has 4 aromatic heterocycles. The number of fused-ring (bicyclic) bond motifs is 2. The Bertz CT molecular complexity index is 1660. The zero-order valence-corrected chi connectivity index (χ0v) is 21.1. The van der Waals surface area contributed by atoms with Crippen molar-refractivity contribution >= 4 is 39.3 Å². The highest BCUT2D eigenvalue weighted by Crippen LogP contribution is 2.40. The van der Waals surface area contributed by atoms with Crippen LogP contribution in [0.1, 0.15) is 32.9 Å². The van der Waals surface area contributed by atoms with Gasteiger partial charge in [0.1, 0.15) is 5.60 Å². The smallest absolute Gasteiger partial charge is 0.435 e. The number of nitrogens with one attached hydrogen (secondary N) is 1. The molecule has 5 aromatic rings. The van der Waals surface area contributed by atoms with E-state index < -0.39 is 11.7 Å². The van der Waals surface area contributed by atoms with E-state index in [1.807, 2.05) is 24.3 Å². The number of azide groups is 1. The highest BCUT2D eigenvalue weighted by molar-refractivity contribution is 6.04. The Hall–Kier alpha value is -4.96. The maximum Gasteiger partial charge on any atom is 0.435 e. The first-order chi connectivity index (χ1) is 18.4. The molecule has 0 radical (unpaired) electrons. The van der Waals surface area contributed by atoms with E-state index in [2.05, 4.69) is 35.4 Å². The van der Waals surface area contributed by atoms with Gasteiger partial charge >= 0.3 is 6.09 Å². The molecule has 5 rings (SSSR count). The van der Waals surface area contributed by atoms with Gasteiger partial charge in [0.15, 0.2) is 17.2 Å². The summed E-state index contributed by atoms with van der Waals surface area (Å²) in [6, 6.07) is 9.12. The van der Waals surface area contributed by atoms with Gasteiger partial charge in [-0.15, -0.1) is 0 Å². The van der Waals surface area contributed by atoms with Gasteiger partial charge in [0, 0.05) is 46.5 Å². The molecule has 1 N–H and O–H groups in total. The predicted octanol–water partition coefficient (Wildman–Crippen LogP) is 6.40. The van der Waals surface area contributed by atoms with E-state index in [0.717, 1.165) is 10.8 Å². The molecule has 0 unspecified atom stereocenters. The molecule has 1 aromatic carbocycles. The number of ether oxygens (including phenoxy) is 1. The van der Waals surface area contributed by atoms with E-state index in [0.29, 0.717) is 59.1 Å². The van der Waals surface area contributed by atoms with Crippen molar-refractivity contribution in [2.24, 2.45) is 5.11 Å². The fraction of sp³-hybridized carbons (Fsp3) is 0.269. The Balaban J connectivity index is 1.65. The summed E-state index contributed by atoms with van der Waals surface area (Å²) in [7, 11) is 0. The fourth-order valence-electron chi connectivity index (χ4n) is 4.11. The lowest BCUT2D eigenvalue weighted by Crippen LogP contribution is -2.27. The van der Waals surface area contributed by atoms with Crippen molar-refractivity contribution in [1.29, 1.82) is 0 Å². The summed E-state index contributed by atoms with van der Waals surface area (Å²) in [6.45, 7) is 5.71. The van der Waals surface area contributed by atoms with E-state index >= 15 is 0 Å². The summed E-state index contributed by atoms with van der Waals surface area (Å²) in [5, 5.41) is 13.3. The number of nitrogens with zero attached hydrogens (tertiary/aromatic N) is 8. The van der Waals surface area contributed by atoms with Gasteiger partial charge < -0.3 is 14.5 Å². The molecule has 12 heteroatoms. The molecule has 0 aliphatic carbocycles. The van der Waals surface area contributed by atoms with Crippen molar-refractivity contribution in [3.8, 4) is 11.6 Å². The lowest BCUT2D eigenvalue weighted by Gasteiger charge is -2.19. The number of rotatable bonds is 7. The van der Waals surface area contributed by atoms with Crippen molar-refractivity contribution in [3.05, 3.63) is 71.3 Å². The lowest BCUT2D eigenvalue weighted by atomic mass is 10.1. The van der Waals surface area contributed by atoms with Crippen molar-refractivity contribution in [3.63, 3.8) is 0 Å². The van der Waals surface area contributed by atoms with Gasteiger partial charge in [-0.25, -0.2) is 14.8 Å². The maximum absolute atomic E-state index is 13.1. The summed E-state index contributed by atoms with van der Waals surface area (Å²) in [5.74, 6) is 0.868. The van der Waals surface area contributed by atoms with Crippen LogP contribution in [0.4, 0.5) is 16.2 Å². The number of aryl methyl sites for hydroxylation is 1. The van der Waals surface area contributed by atoms with Crippen LogP contribution in [-0.4, -0.2) is 43.0 Å². The molecule has 0 saturated heterocycles. The summed E-state index contributed by atoms with van der Waals surface area (Å²) in [5.41, 5.74) is 11.1. The first-order valence-electron chi connectivity index (χ1n) is 12.0. The molecule has 0 amide bonds. The topological polar surface area (TPSA) is 157 Å². The largest absolute Gasteiger partial charge is 0.449 e. The fourth-order valence-corrected chi connectivity index (χ4v) is 4.11. The maximum atomic E-state index is 13.1. The number of carbonyl (C=O) groups excluding carboxylic acids is 1. The average molecular weight is 512 g/mol. The first-order valence-corrected chi connectivity index (χ1v) is 12.0. The third kappa shape index (κ3) is 4.97. The molecule has 0 atom stereocenters. The van der Waals surface area contributed by atoms with Gasteiger partial charge in [0.05, 0.1) is 23.1 Å². The Morgan fingerprint density at radius 3 is 2.76 bits per heavy atom. The van der Waals surface area contributed by atoms with Gasteiger partial charge in [-0.1, -0.05) is 11.2 Å². The molecule has 4 heterocycles. The predicted molar refractivity (Wildman–Crippen MR) is 142 cm³/mol. The normalized spacial score (nSPS) is 11.4. The van der Waals surface area contributed by atoms with E-state index in [1.54, 1.807) is 51.6 Å². The minimum atomic E-state index is -0.693. The molecule has 0 bridgehead atoms. The minimum absolute atomic E-state index is 0.307. The van der Waals surface area contributed by atoms with Crippen molar-refractivity contribution in [1.82, 2.24) is 24.7 Å². The zero-order chi connectivity index (χ0) is 26.7. The highest BCUT2D eigenvalue weighted by atomic mass is 16.6. The van der Waals surface area contributed by atoms with Gasteiger partial charge in [0.25, 0.3) is 0 Å². The Labute approximate surface area is 217 Å². The third-order valence-corrected chi connectivity index (χ3v) is 5.60. The standard InChI is InChI=1S/C26H25N9O3/c1-26(2,3)38-25(36)35-19-9-4-7-17(21(19)18(33-35)8-5-13-31-34-27)32-22-16-10-14-28-15-20(16)37-23(22)24-29-11-6-12-30-24/h4,6-7,9-12,14-15,32H,5,8,13H2,1-3H3. The second kappa shape index (κ2) is 10.2. The zero-order valence-electron chi connectivity index (χ0n) is 21.1. The number of hydrogen-bond donors (Lipinski definition) is 1. The Morgan fingerprint density at radius 2 is 2.00 bits per heavy atom. The molecule has 12 nitrogen and oxygen atoms in total. The first kappa shape index (κ1) is 24.7. The summed E-state index contributed by atoms with van der Waals surface area (Å²) >= 11 is 0. The Morgan fingerprint density at radius 1 is 1.18 bits per heavy atom. The third-order valence-electron chi connectivity index (χ3n) is 5.60. The molecule has 38 heavy (non-hydrogen) atoms. The number of carbonyl (C=O) groups is 1. The molecular formula is C26H25N9O3. The van der Waals surface area contributed by atoms with Crippen LogP contribution >= 0.6 is 0 Å². The van der Waals surface area contributed by atoms with Crippen LogP contribution in [0.5, 0.6) is 0 Å². The SMILES string of the molecule is CC(C)(C)OC(=O)n1nc(CCCN=[N+]=[N-])c2c(Nc3c(-c4ncccn4)oc4cnccc34)cccc21. The van der Waals surface area contributed by atoms with Crippen LogP contribution in [0.25, 0.3) is 43.9 Å². The number of aromatic nitrogens is 5. The second-order valence-corrected chi connectivity index (χ2v) is 9.47. The molecule has 0 spiro atoms. The average Bonchev–Trinajstić information content (AvgIpc) is 3.46. The molecule has 0 aliphatic rings. The van der Waals surface area contributed by atoms with Crippen LogP contribution in [0.2, 0.25) is 0 Å². The lowest BCUT2D eigenvalue weighted by molar-refractivity contribution is 0.0522. The monoisotopic (exact) mass is 511 g/mol. The molecular weight excluding hydrogens is 486 g/mol. The number of furan rings is 1. The number of benzene rings is 1. The van der Waals surface area contributed by atoms with Crippen LogP contribution in [0.15, 0.2) is 64.7 Å². The summed E-state index contributed by atoms with van der Waals surface area (Å²) in [6.07, 6.45) is 7.06. The van der Waals surface area contributed by atoms with Gasteiger partial charge in [-0.2, -0.15) is 9.78 Å². The molecule has 0 aliphatic heterocycles. The van der Waals surface area contributed by atoms with E-state index in [9.17, 15) is 4.79 Å². The molecule has 0 saturated carbocycles. The molecule has 0 fully saturated rings. The van der Waals surface area contributed by atoms with Gasteiger partial charge in [-0.3, -0.25) is 4.98 Å². The number of hydrogen-bond acceptors (Lipinski definition) is 9. The van der Waals surface area contributed by atoms with Crippen molar-refractivity contribution in [2.45, 2.75) is 39.2 Å².